The Morgan fingerprint density at radius 1 is 1.38 bits per heavy atom. The summed E-state index contributed by atoms with van der Waals surface area (Å²) in [6.45, 7) is 7.85. The fourth-order valence-corrected chi connectivity index (χ4v) is 2.44. The van der Waals surface area contributed by atoms with Crippen LogP contribution in [-0.4, -0.2) is 51.5 Å². The van der Waals surface area contributed by atoms with Gasteiger partial charge in [0.2, 0.25) is 0 Å². The summed E-state index contributed by atoms with van der Waals surface area (Å²) in [7, 11) is 1.56. The molecule has 0 aliphatic rings. The lowest BCUT2D eigenvalue weighted by molar-refractivity contribution is -0.137. The first-order valence-electron chi connectivity index (χ1n) is 5.85. The lowest BCUT2D eigenvalue weighted by atomic mass is 10.2. The number of hydrogen-bond donors (Lipinski definition) is 1. The SMILES string of the molecule is CN(CCC[SiH2]OC(C)(C)C)CCC(=O)O. The highest BCUT2D eigenvalue weighted by Crippen LogP contribution is 2.06. The molecular formula is C11H25NO3Si. The Balaban J connectivity index is 3.34. The molecule has 16 heavy (non-hydrogen) atoms. The molecule has 0 atom stereocenters. The van der Waals surface area contributed by atoms with Crippen LogP contribution in [-0.2, 0) is 9.22 Å². The van der Waals surface area contributed by atoms with Crippen molar-refractivity contribution in [3.63, 3.8) is 0 Å². The summed E-state index contributed by atoms with van der Waals surface area (Å²) in [4.78, 5) is 12.4. The largest absolute Gasteiger partial charge is 0.481 e. The van der Waals surface area contributed by atoms with E-state index in [0.29, 0.717) is 6.54 Å². The zero-order valence-electron chi connectivity index (χ0n) is 11.0. The summed E-state index contributed by atoms with van der Waals surface area (Å²) in [5.41, 5.74) is 0.00142. The predicted octanol–water partition coefficient (Wildman–Crippen LogP) is 1.10. The molecule has 0 radical (unpaired) electrons. The number of aliphatic carboxylic acids is 1. The van der Waals surface area contributed by atoms with Gasteiger partial charge in [0.25, 0.3) is 0 Å². The summed E-state index contributed by atoms with van der Waals surface area (Å²) < 4.78 is 5.74. The summed E-state index contributed by atoms with van der Waals surface area (Å²) >= 11 is 0. The van der Waals surface area contributed by atoms with E-state index < -0.39 is 15.7 Å². The van der Waals surface area contributed by atoms with E-state index >= 15 is 0 Å². The maximum absolute atomic E-state index is 10.4. The molecule has 0 aliphatic carbocycles. The molecule has 0 heterocycles. The molecule has 1 N–H and O–H groups in total. The third-order valence-corrected chi connectivity index (χ3v) is 4.04. The van der Waals surface area contributed by atoms with Crippen molar-refractivity contribution in [3.05, 3.63) is 0 Å². The van der Waals surface area contributed by atoms with Gasteiger partial charge in [-0.05, 0) is 46.8 Å². The summed E-state index contributed by atoms with van der Waals surface area (Å²) in [6.07, 6.45) is 1.34. The van der Waals surface area contributed by atoms with Crippen LogP contribution in [0.15, 0.2) is 0 Å². The van der Waals surface area contributed by atoms with Gasteiger partial charge in [-0.15, -0.1) is 0 Å². The van der Waals surface area contributed by atoms with E-state index in [9.17, 15) is 4.79 Å². The van der Waals surface area contributed by atoms with E-state index in [2.05, 4.69) is 25.7 Å². The lowest BCUT2D eigenvalue weighted by Crippen LogP contribution is -2.24. The van der Waals surface area contributed by atoms with Crippen molar-refractivity contribution in [2.24, 2.45) is 0 Å². The number of nitrogens with zero attached hydrogens (tertiary/aromatic N) is 1. The molecule has 96 valence electrons. The molecule has 0 bridgehead atoms. The first kappa shape index (κ1) is 15.6. The summed E-state index contributed by atoms with van der Waals surface area (Å²) in [6, 6.07) is 1.16. The molecule has 0 aromatic carbocycles. The van der Waals surface area contributed by atoms with Crippen LogP contribution in [0.1, 0.15) is 33.6 Å². The molecule has 0 aromatic heterocycles. The highest BCUT2D eigenvalue weighted by atomic mass is 28.2. The molecule has 4 nitrogen and oxygen atoms in total. The molecule has 0 amide bonds. The second kappa shape index (κ2) is 7.81. The molecular weight excluding hydrogens is 222 g/mol. The van der Waals surface area contributed by atoms with Gasteiger partial charge in [-0.3, -0.25) is 4.79 Å². The van der Waals surface area contributed by atoms with Crippen molar-refractivity contribution in [2.75, 3.05) is 20.1 Å². The van der Waals surface area contributed by atoms with Gasteiger partial charge in [0.1, 0.15) is 0 Å². The van der Waals surface area contributed by atoms with Crippen LogP contribution >= 0.6 is 0 Å². The molecule has 0 saturated heterocycles. The molecule has 5 heteroatoms. The van der Waals surface area contributed by atoms with Crippen LogP contribution in [0, 0.1) is 0 Å². The van der Waals surface area contributed by atoms with E-state index in [1.165, 1.54) is 0 Å². The van der Waals surface area contributed by atoms with Crippen LogP contribution < -0.4 is 0 Å². The standard InChI is InChI=1S/C11H25NO3Si/c1-11(2,3)15-16-9-5-7-12(4)8-6-10(13)14/h5-9,16H2,1-4H3,(H,13,14). The van der Waals surface area contributed by atoms with E-state index in [4.69, 9.17) is 9.53 Å². The maximum Gasteiger partial charge on any atom is 0.304 e. The monoisotopic (exact) mass is 247 g/mol. The average molecular weight is 247 g/mol. The molecule has 0 fully saturated rings. The fourth-order valence-electron chi connectivity index (χ4n) is 1.26. The highest BCUT2D eigenvalue weighted by molar-refractivity contribution is 6.27. The van der Waals surface area contributed by atoms with Crippen molar-refractivity contribution in [1.29, 1.82) is 0 Å². The Morgan fingerprint density at radius 2 is 2.00 bits per heavy atom. The highest BCUT2D eigenvalue weighted by Gasteiger charge is 2.09. The van der Waals surface area contributed by atoms with Crippen LogP contribution in [0.5, 0.6) is 0 Å². The van der Waals surface area contributed by atoms with E-state index in [0.717, 1.165) is 19.0 Å². The van der Waals surface area contributed by atoms with Gasteiger partial charge in [-0.1, -0.05) is 0 Å². The smallest absolute Gasteiger partial charge is 0.304 e. The number of hydrogen-bond acceptors (Lipinski definition) is 3. The second-order valence-electron chi connectivity index (χ2n) is 5.11. The Hall–Kier alpha value is -0.393. The van der Waals surface area contributed by atoms with Gasteiger partial charge >= 0.3 is 5.97 Å². The predicted molar refractivity (Wildman–Crippen MR) is 68.6 cm³/mol. The third-order valence-electron chi connectivity index (χ3n) is 2.18. The topological polar surface area (TPSA) is 49.8 Å². The van der Waals surface area contributed by atoms with E-state index in [-0.39, 0.29) is 12.0 Å². The number of carbonyl (C=O) groups is 1. The maximum atomic E-state index is 10.4. The molecule has 0 aromatic rings. The Labute approximate surface area is 101 Å². The van der Waals surface area contributed by atoms with Crippen LogP contribution in [0.3, 0.4) is 0 Å². The lowest BCUT2D eigenvalue weighted by Gasteiger charge is -2.20. The minimum absolute atomic E-state index is 0.00142. The minimum Gasteiger partial charge on any atom is -0.481 e. The van der Waals surface area contributed by atoms with Crippen molar-refractivity contribution in [3.8, 4) is 0 Å². The van der Waals surface area contributed by atoms with E-state index in [1.807, 2.05) is 7.05 Å². The summed E-state index contributed by atoms with van der Waals surface area (Å²) in [5, 5.41) is 8.52. The second-order valence-corrected chi connectivity index (χ2v) is 6.52. The van der Waals surface area contributed by atoms with Crippen LogP contribution in [0.4, 0.5) is 0 Å². The van der Waals surface area contributed by atoms with Gasteiger partial charge in [0, 0.05) is 12.1 Å². The molecule has 0 saturated carbocycles. The quantitative estimate of drug-likeness (QED) is 0.515. The van der Waals surface area contributed by atoms with E-state index in [1.54, 1.807) is 0 Å². The van der Waals surface area contributed by atoms with Gasteiger partial charge < -0.3 is 14.4 Å². The Kier molecular flexibility index (Phi) is 7.62. The van der Waals surface area contributed by atoms with Crippen LogP contribution in [0.25, 0.3) is 0 Å². The minimum atomic E-state index is -0.725. The first-order valence-corrected chi connectivity index (χ1v) is 7.43. The average Bonchev–Trinajstić information content (AvgIpc) is 2.12. The molecule has 0 spiro atoms. The number of carboxylic acids is 1. The normalized spacial score (nSPS) is 12.8. The third kappa shape index (κ3) is 11.7. The Bertz CT molecular complexity index is 204. The molecule has 0 rings (SSSR count). The fraction of sp³-hybridized carbons (Fsp3) is 0.909. The molecule has 0 unspecified atom stereocenters. The zero-order valence-corrected chi connectivity index (χ0v) is 12.4. The van der Waals surface area contributed by atoms with Crippen molar-refractivity contribution in [2.45, 2.75) is 45.3 Å². The van der Waals surface area contributed by atoms with Crippen molar-refractivity contribution >= 4 is 15.7 Å². The van der Waals surface area contributed by atoms with Crippen molar-refractivity contribution < 1.29 is 14.3 Å². The molecule has 0 aliphatic heterocycles. The Morgan fingerprint density at radius 3 is 2.50 bits per heavy atom. The van der Waals surface area contributed by atoms with Gasteiger partial charge in [0.15, 0.2) is 9.76 Å². The number of rotatable bonds is 8. The van der Waals surface area contributed by atoms with Crippen molar-refractivity contribution in [1.82, 2.24) is 4.90 Å². The summed E-state index contributed by atoms with van der Waals surface area (Å²) in [5.74, 6) is -0.725. The van der Waals surface area contributed by atoms with Gasteiger partial charge in [0.05, 0.1) is 6.42 Å². The first-order chi connectivity index (χ1) is 7.31. The van der Waals surface area contributed by atoms with Crippen LogP contribution in [0.2, 0.25) is 6.04 Å². The van der Waals surface area contributed by atoms with Gasteiger partial charge in [-0.25, -0.2) is 0 Å². The van der Waals surface area contributed by atoms with Gasteiger partial charge in [-0.2, -0.15) is 0 Å². The zero-order chi connectivity index (χ0) is 12.6. The number of carboxylic acid groups (broad SMARTS) is 1.